The summed E-state index contributed by atoms with van der Waals surface area (Å²) in [5.74, 6) is 0.313. The summed E-state index contributed by atoms with van der Waals surface area (Å²) in [6.45, 7) is 7.97. The number of aryl methyl sites for hydroxylation is 2. The molecule has 0 aliphatic carbocycles. The van der Waals surface area contributed by atoms with Crippen molar-refractivity contribution in [3.05, 3.63) is 17.0 Å². The Morgan fingerprint density at radius 3 is 2.64 bits per heavy atom. The Kier molecular flexibility index (Phi) is 6.12. The Labute approximate surface area is 150 Å². The van der Waals surface area contributed by atoms with Crippen molar-refractivity contribution >= 4 is 5.91 Å². The van der Waals surface area contributed by atoms with E-state index in [0.717, 1.165) is 69.7 Å². The van der Waals surface area contributed by atoms with Gasteiger partial charge in [0.25, 0.3) is 0 Å². The number of rotatable bonds is 6. The zero-order valence-corrected chi connectivity index (χ0v) is 15.9. The van der Waals surface area contributed by atoms with Gasteiger partial charge in [-0.25, -0.2) is 0 Å². The van der Waals surface area contributed by atoms with E-state index in [-0.39, 0.29) is 6.10 Å². The molecule has 6 nitrogen and oxygen atoms in total. The van der Waals surface area contributed by atoms with Crippen LogP contribution in [0.2, 0.25) is 0 Å². The van der Waals surface area contributed by atoms with E-state index in [1.165, 1.54) is 5.56 Å². The van der Waals surface area contributed by atoms with Crippen molar-refractivity contribution in [3.8, 4) is 0 Å². The molecule has 3 rings (SSSR count). The Bertz CT molecular complexity index is 560. The molecule has 0 radical (unpaired) electrons. The van der Waals surface area contributed by atoms with Gasteiger partial charge in [0.05, 0.1) is 11.8 Å². The molecule has 6 heteroatoms. The minimum absolute atomic E-state index is 0.215. The molecular formula is C19H32N4O2. The van der Waals surface area contributed by atoms with Crippen LogP contribution in [0.5, 0.6) is 0 Å². The molecule has 2 aliphatic rings. The molecule has 1 aromatic rings. The number of H-pyrrole nitrogens is 1. The summed E-state index contributed by atoms with van der Waals surface area (Å²) in [6, 6.07) is 0.305. The zero-order chi connectivity index (χ0) is 17.8. The predicted molar refractivity (Wildman–Crippen MR) is 97.3 cm³/mol. The van der Waals surface area contributed by atoms with Crippen molar-refractivity contribution in [1.29, 1.82) is 0 Å². The van der Waals surface area contributed by atoms with Crippen LogP contribution in [0, 0.1) is 13.8 Å². The first-order valence-corrected chi connectivity index (χ1v) is 9.65. The van der Waals surface area contributed by atoms with Gasteiger partial charge in [0.1, 0.15) is 0 Å². The number of amides is 1. The average Bonchev–Trinajstić information content (AvgIpc) is 3.26. The molecule has 25 heavy (non-hydrogen) atoms. The van der Waals surface area contributed by atoms with Crippen molar-refractivity contribution < 1.29 is 9.53 Å². The number of aromatic amines is 1. The van der Waals surface area contributed by atoms with E-state index in [9.17, 15) is 4.79 Å². The van der Waals surface area contributed by atoms with Crippen molar-refractivity contribution in [2.24, 2.45) is 0 Å². The lowest BCUT2D eigenvalue weighted by Crippen LogP contribution is -2.49. The van der Waals surface area contributed by atoms with Crippen LogP contribution in [-0.4, -0.2) is 64.8 Å². The number of ether oxygens (including phenoxy) is 1. The van der Waals surface area contributed by atoms with Gasteiger partial charge in [-0.05, 0) is 52.5 Å². The molecule has 3 heterocycles. The number of hydrogen-bond acceptors (Lipinski definition) is 4. The topological polar surface area (TPSA) is 61.5 Å². The van der Waals surface area contributed by atoms with Crippen LogP contribution < -0.4 is 0 Å². The molecule has 0 bridgehead atoms. The molecule has 0 spiro atoms. The summed E-state index contributed by atoms with van der Waals surface area (Å²) in [5, 5.41) is 7.41. The summed E-state index contributed by atoms with van der Waals surface area (Å²) in [4.78, 5) is 17.0. The van der Waals surface area contributed by atoms with Gasteiger partial charge in [-0.15, -0.1) is 0 Å². The molecule has 2 fully saturated rings. The number of likely N-dealkylation sites (tertiary alicyclic amines) is 2. The first kappa shape index (κ1) is 18.4. The maximum absolute atomic E-state index is 12.5. The number of piperidine rings is 1. The van der Waals surface area contributed by atoms with Crippen LogP contribution in [0.25, 0.3) is 0 Å². The van der Waals surface area contributed by atoms with E-state index < -0.39 is 0 Å². The number of nitrogens with zero attached hydrogens (tertiary/aromatic N) is 3. The van der Waals surface area contributed by atoms with E-state index in [1.807, 2.05) is 4.90 Å². The second-order valence-corrected chi connectivity index (χ2v) is 7.49. The minimum atomic E-state index is 0.215. The van der Waals surface area contributed by atoms with Crippen molar-refractivity contribution in [1.82, 2.24) is 20.0 Å². The lowest BCUT2D eigenvalue weighted by Gasteiger charge is -2.41. The van der Waals surface area contributed by atoms with Crippen LogP contribution >= 0.6 is 0 Å². The highest BCUT2D eigenvalue weighted by atomic mass is 16.5. The lowest BCUT2D eigenvalue weighted by molar-refractivity contribution is -0.131. The second-order valence-electron chi connectivity index (χ2n) is 7.49. The summed E-state index contributed by atoms with van der Waals surface area (Å²) in [7, 11) is 1.80. The second kappa shape index (κ2) is 8.32. The standard InChI is InChI=1S/C19H32N4O2/c1-14-16(15(2)21-20-14)13-23-12-6-7-18(25-3)17(23)8-9-19(24)22-10-4-5-11-22/h17-18H,4-13H2,1-3H3,(H,20,21)/t17-,18-/m0/s1. The smallest absolute Gasteiger partial charge is 0.222 e. The van der Waals surface area contributed by atoms with Gasteiger partial charge in [0, 0.05) is 50.5 Å². The fraction of sp³-hybridized carbons (Fsp3) is 0.789. The van der Waals surface area contributed by atoms with Gasteiger partial charge < -0.3 is 9.64 Å². The molecule has 1 aromatic heterocycles. The summed E-state index contributed by atoms with van der Waals surface area (Å²) >= 11 is 0. The van der Waals surface area contributed by atoms with Gasteiger partial charge in [-0.3, -0.25) is 14.8 Å². The van der Waals surface area contributed by atoms with Gasteiger partial charge in [-0.2, -0.15) is 5.10 Å². The van der Waals surface area contributed by atoms with Gasteiger partial charge in [0.15, 0.2) is 0 Å². The van der Waals surface area contributed by atoms with Crippen LogP contribution in [0.15, 0.2) is 0 Å². The van der Waals surface area contributed by atoms with Gasteiger partial charge in [0.2, 0.25) is 5.91 Å². The number of carbonyl (C=O) groups is 1. The third-order valence-electron chi connectivity index (χ3n) is 5.89. The third kappa shape index (κ3) is 4.23. The summed E-state index contributed by atoms with van der Waals surface area (Å²) in [5.41, 5.74) is 3.50. The molecular weight excluding hydrogens is 316 g/mol. The van der Waals surface area contributed by atoms with Crippen LogP contribution in [0.1, 0.15) is 55.5 Å². The van der Waals surface area contributed by atoms with Gasteiger partial charge in [-0.1, -0.05) is 0 Å². The highest BCUT2D eigenvalue weighted by Crippen LogP contribution is 2.27. The zero-order valence-electron chi connectivity index (χ0n) is 15.9. The highest BCUT2D eigenvalue weighted by molar-refractivity contribution is 5.76. The quantitative estimate of drug-likeness (QED) is 0.858. The lowest BCUT2D eigenvalue weighted by atomic mass is 9.93. The fourth-order valence-corrected chi connectivity index (χ4v) is 4.33. The molecule has 1 amide bonds. The Morgan fingerprint density at radius 2 is 2.00 bits per heavy atom. The Hall–Kier alpha value is -1.40. The third-order valence-corrected chi connectivity index (χ3v) is 5.89. The highest BCUT2D eigenvalue weighted by Gasteiger charge is 2.33. The number of methoxy groups -OCH3 is 1. The van der Waals surface area contributed by atoms with E-state index in [1.54, 1.807) is 7.11 Å². The summed E-state index contributed by atoms with van der Waals surface area (Å²) in [6.07, 6.45) is 6.26. The number of nitrogens with one attached hydrogen (secondary N) is 1. The first-order chi connectivity index (χ1) is 12.1. The maximum Gasteiger partial charge on any atom is 0.222 e. The van der Waals surface area contributed by atoms with E-state index in [0.29, 0.717) is 18.4 Å². The minimum Gasteiger partial charge on any atom is -0.380 e. The number of carbonyl (C=O) groups excluding carboxylic acids is 1. The molecule has 0 aromatic carbocycles. The fourth-order valence-electron chi connectivity index (χ4n) is 4.33. The molecule has 0 unspecified atom stereocenters. The molecule has 2 aliphatic heterocycles. The maximum atomic E-state index is 12.5. The van der Waals surface area contributed by atoms with E-state index in [2.05, 4.69) is 28.9 Å². The Morgan fingerprint density at radius 1 is 1.24 bits per heavy atom. The number of aromatic nitrogens is 2. The van der Waals surface area contributed by atoms with Gasteiger partial charge >= 0.3 is 0 Å². The van der Waals surface area contributed by atoms with Crippen LogP contribution in [-0.2, 0) is 16.1 Å². The average molecular weight is 348 g/mol. The molecule has 1 N–H and O–H groups in total. The largest absolute Gasteiger partial charge is 0.380 e. The number of hydrogen-bond donors (Lipinski definition) is 1. The monoisotopic (exact) mass is 348 g/mol. The molecule has 140 valence electrons. The summed E-state index contributed by atoms with van der Waals surface area (Å²) < 4.78 is 5.78. The molecule has 0 saturated carbocycles. The molecule has 2 atom stereocenters. The van der Waals surface area contributed by atoms with Crippen molar-refractivity contribution in [2.45, 2.75) is 71.1 Å². The normalized spacial score (nSPS) is 24.8. The van der Waals surface area contributed by atoms with E-state index >= 15 is 0 Å². The molecule has 2 saturated heterocycles. The SMILES string of the molecule is CO[C@H]1CCCN(Cc2c(C)n[nH]c2C)[C@H]1CCC(=O)N1CCCC1. The van der Waals surface area contributed by atoms with Crippen LogP contribution in [0.4, 0.5) is 0 Å². The Balaban J connectivity index is 1.65. The van der Waals surface area contributed by atoms with Crippen LogP contribution in [0.3, 0.4) is 0 Å². The predicted octanol–water partition coefficient (Wildman–Crippen LogP) is 2.41. The van der Waals surface area contributed by atoms with Crippen molar-refractivity contribution in [2.75, 3.05) is 26.7 Å². The first-order valence-electron chi connectivity index (χ1n) is 9.65. The van der Waals surface area contributed by atoms with E-state index in [4.69, 9.17) is 4.74 Å². The van der Waals surface area contributed by atoms with Crippen molar-refractivity contribution in [3.63, 3.8) is 0 Å².